The number of rotatable bonds is 3. The SMILES string of the molecule is COc1c[c]ccc1S(=O)(=O)c1ccccc1. The maximum Gasteiger partial charge on any atom is 0.210 e. The molecule has 2 rings (SSSR count). The molecule has 0 fully saturated rings. The predicted octanol–water partition coefficient (Wildman–Crippen LogP) is 2.33. The standard InChI is InChI=1S/C13H11O3S/c1-16-12-9-5-6-10-13(12)17(14,15)11-7-3-2-4-8-11/h2-4,6-10H,1H3. The first kappa shape index (κ1) is 11.7. The highest BCUT2D eigenvalue weighted by molar-refractivity contribution is 7.91. The molecule has 0 aliphatic carbocycles. The molecule has 17 heavy (non-hydrogen) atoms. The van der Waals surface area contributed by atoms with Crippen LogP contribution in [-0.4, -0.2) is 15.5 Å². The van der Waals surface area contributed by atoms with Gasteiger partial charge in [-0.15, -0.1) is 0 Å². The lowest BCUT2D eigenvalue weighted by atomic mass is 10.3. The first-order valence-corrected chi connectivity index (χ1v) is 6.49. The Morgan fingerprint density at radius 3 is 2.47 bits per heavy atom. The molecule has 0 saturated heterocycles. The average molecular weight is 247 g/mol. The van der Waals surface area contributed by atoms with Crippen LogP contribution in [0.25, 0.3) is 0 Å². The lowest BCUT2D eigenvalue weighted by Gasteiger charge is -2.08. The molecule has 0 aliphatic rings. The number of sulfone groups is 1. The Bertz CT molecular complexity index is 604. The van der Waals surface area contributed by atoms with E-state index in [1.54, 1.807) is 36.4 Å². The van der Waals surface area contributed by atoms with E-state index in [1.165, 1.54) is 19.2 Å². The lowest BCUT2D eigenvalue weighted by molar-refractivity contribution is 0.402. The zero-order valence-corrected chi connectivity index (χ0v) is 10.1. The number of methoxy groups -OCH3 is 1. The predicted molar refractivity (Wildman–Crippen MR) is 63.7 cm³/mol. The van der Waals surface area contributed by atoms with Crippen molar-refractivity contribution in [2.45, 2.75) is 9.79 Å². The third kappa shape index (κ3) is 2.17. The highest BCUT2D eigenvalue weighted by Crippen LogP contribution is 2.28. The zero-order chi connectivity index (χ0) is 12.3. The summed E-state index contributed by atoms with van der Waals surface area (Å²) in [5.74, 6) is 0.302. The van der Waals surface area contributed by atoms with Gasteiger partial charge in [-0.05, 0) is 30.3 Å². The first-order valence-electron chi connectivity index (χ1n) is 5.00. The van der Waals surface area contributed by atoms with E-state index in [-0.39, 0.29) is 9.79 Å². The molecule has 0 aliphatic heterocycles. The van der Waals surface area contributed by atoms with Crippen molar-refractivity contribution < 1.29 is 13.2 Å². The average Bonchev–Trinajstić information content (AvgIpc) is 2.39. The second-order valence-electron chi connectivity index (χ2n) is 3.39. The lowest BCUT2D eigenvalue weighted by Crippen LogP contribution is -2.03. The highest BCUT2D eigenvalue weighted by Gasteiger charge is 2.21. The van der Waals surface area contributed by atoms with E-state index in [4.69, 9.17) is 4.74 Å². The van der Waals surface area contributed by atoms with Crippen LogP contribution in [0.2, 0.25) is 0 Å². The summed E-state index contributed by atoms with van der Waals surface area (Å²) in [6, 6.07) is 15.6. The van der Waals surface area contributed by atoms with Crippen LogP contribution in [0.15, 0.2) is 58.3 Å². The van der Waals surface area contributed by atoms with E-state index in [0.29, 0.717) is 5.75 Å². The van der Waals surface area contributed by atoms with Gasteiger partial charge in [0.2, 0.25) is 9.84 Å². The summed E-state index contributed by atoms with van der Waals surface area (Å²) in [6.07, 6.45) is 0. The van der Waals surface area contributed by atoms with Crippen molar-refractivity contribution in [3.8, 4) is 5.75 Å². The maximum atomic E-state index is 12.3. The normalized spacial score (nSPS) is 11.1. The van der Waals surface area contributed by atoms with Gasteiger partial charge >= 0.3 is 0 Å². The monoisotopic (exact) mass is 247 g/mol. The molecule has 2 aromatic rings. The van der Waals surface area contributed by atoms with Gasteiger partial charge in [-0.3, -0.25) is 0 Å². The third-order valence-corrected chi connectivity index (χ3v) is 4.16. The van der Waals surface area contributed by atoms with Gasteiger partial charge in [0, 0.05) is 0 Å². The molecule has 1 radical (unpaired) electrons. The Morgan fingerprint density at radius 1 is 1.12 bits per heavy atom. The van der Waals surface area contributed by atoms with Crippen molar-refractivity contribution in [3.63, 3.8) is 0 Å². The van der Waals surface area contributed by atoms with Gasteiger partial charge in [0.25, 0.3) is 0 Å². The van der Waals surface area contributed by atoms with Gasteiger partial charge in [0.15, 0.2) is 0 Å². The topological polar surface area (TPSA) is 43.4 Å². The molecule has 0 saturated carbocycles. The van der Waals surface area contributed by atoms with Crippen LogP contribution in [0.3, 0.4) is 0 Å². The van der Waals surface area contributed by atoms with Crippen LogP contribution < -0.4 is 4.74 Å². The molecule has 0 heterocycles. The molecule has 0 aromatic heterocycles. The smallest absolute Gasteiger partial charge is 0.210 e. The molecule has 0 N–H and O–H groups in total. The molecule has 0 spiro atoms. The van der Waals surface area contributed by atoms with Crippen molar-refractivity contribution in [3.05, 3.63) is 54.6 Å². The Balaban J connectivity index is 2.61. The molecular formula is C13H11O3S. The highest BCUT2D eigenvalue weighted by atomic mass is 32.2. The summed E-state index contributed by atoms with van der Waals surface area (Å²) >= 11 is 0. The summed E-state index contributed by atoms with van der Waals surface area (Å²) in [5, 5.41) is 0. The Labute approximate surface area is 101 Å². The van der Waals surface area contributed by atoms with Crippen molar-refractivity contribution in [2.75, 3.05) is 7.11 Å². The third-order valence-electron chi connectivity index (χ3n) is 2.35. The van der Waals surface area contributed by atoms with Gasteiger partial charge < -0.3 is 4.74 Å². The quantitative estimate of drug-likeness (QED) is 0.836. The van der Waals surface area contributed by atoms with Crippen LogP contribution in [0.1, 0.15) is 0 Å². The van der Waals surface area contributed by atoms with Crippen LogP contribution in [-0.2, 0) is 9.84 Å². The fraction of sp³-hybridized carbons (Fsp3) is 0.0769. The summed E-state index contributed by atoms with van der Waals surface area (Å²) in [7, 11) is -2.09. The zero-order valence-electron chi connectivity index (χ0n) is 9.25. The molecule has 0 amide bonds. The summed E-state index contributed by atoms with van der Waals surface area (Å²) in [5.41, 5.74) is 0. The summed E-state index contributed by atoms with van der Waals surface area (Å²) in [6.45, 7) is 0. The largest absolute Gasteiger partial charge is 0.495 e. The Morgan fingerprint density at radius 2 is 1.82 bits per heavy atom. The number of benzene rings is 2. The van der Waals surface area contributed by atoms with Crippen LogP contribution in [0, 0.1) is 6.07 Å². The fourth-order valence-corrected chi connectivity index (χ4v) is 2.93. The minimum absolute atomic E-state index is 0.157. The van der Waals surface area contributed by atoms with Crippen molar-refractivity contribution >= 4 is 9.84 Å². The molecule has 0 unspecified atom stereocenters. The molecule has 4 heteroatoms. The van der Waals surface area contributed by atoms with Crippen LogP contribution in [0.4, 0.5) is 0 Å². The van der Waals surface area contributed by atoms with Gasteiger partial charge in [-0.2, -0.15) is 0 Å². The molecular weight excluding hydrogens is 236 g/mol. The van der Waals surface area contributed by atoms with E-state index in [2.05, 4.69) is 6.07 Å². The summed E-state index contributed by atoms with van der Waals surface area (Å²) < 4.78 is 29.7. The van der Waals surface area contributed by atoms with E-state index < -0.39 is 9.84 Å². The van der Waals surface area contributed by atoms with Crippen molar-refractivity contribution in [1.82, 2.24) is 0 Å². The Hall–Kier alpha value is -1.81. The van der Waals surface area contributed by atoms with Gasteiger partial charge in [0.05, 0.1) is 12.0 Å². The van der Waals surface area contributed by atoms with Gasteiger partial charge in [-0.25, -0.2) is 8.42 Å². The molecule has 0 atom stereocenters. The number of ether oxygens (including phenoxy) is 1. The van der Waals surface area contributed by atoms with Crippen LogP contribution in [0.5, 0.6) is 5.75 Å². The fourth-order valence-electron chi connectivity index (χ4n) is 1.51. The second-order valence-corrected chi connectivity index (χ2v) is 5.31. The van der Waals surface area contributed by atoms with E-state index in [0.717, 1.165) is 0 Å². The maximum absolute atomic E-state index is 12.3. The number of hydrogen-bond donors (Lipinski definition) is 0. The molecule has 0 bridgehead atoms. The minimum atomic E-state index is -3.53. The molecule has 87 valence electrons. The first-order chi connectivity index (χ1) is 8.16. The summed E-state index contributed by atoms with van der Waals surface area (Å²) in [4.78, 5) is 0.412. The molecule has 2 aromatic carbocycles. The van der Waals surface area contributed by atoms with Crippen LogP contribution >= 0.6 is 0 Å². The Kier molecular flexibility index (Phi) is 3.15. The van der Waals surface area contributed by atoms with Crippen molar-refractivity contribution in [1.29, 1.82) is 0 Å². The van der Waals surface area contributed by atoms with Gasteiger partial charge in [-0.1, -0.05) is 24.3 Å². The van der Waals surface area contributed by atoms with Crippen molar-refractivity contribution in [2.24, 2.45) is 0 Å². The van der Waals surface area contributed by atoms with E-state index in [9.17, 15) is 8.42 Å². The molecule has 3 nitrogen and oxygen atoms in total. The second kappa shape index (κ2) is 4.59. The minimum Gasteiger partial charge on any atom is -0.495 e. The number of hydrogen-bond acceptors (Lipinski definition) is 3. The van der Waals surface area contributed by atoms with E-state index in [1.807, 2.05) is 0 Å². The van der Waals surface area contributed by atoms with Gasteiger partial charge in [0.1, 0.15) is 10.6 Å². The van der Waals surface area contributed by atoms with E-state index >= 15 is 0 Å².